The maximum Gasteiger partial charge on any atom is 0.0462 e. The number of piperidine rings is 1. The summed E-state index contributed by atoms with van der Waals surface area (Å²) in [7, 11) is 0. The van der Waals surface area contributed by atoms with E-state index in [0.29, 0.717) is 24.5 Å². The molecule has 2 fully saturated rings. The molecule has 1 aliphatic heterocycles. The molecule has 4 heteroatoms. The van der Waals surface area contributed by atoms with E-state index in [1.54, 1.807) is 0 Å². The van der Waals surface area contributed by atoms with Crippen molar-refractivity contribution in [3.63, 3.8) is 0 Å². The van der Waals surface area contributed by atoms with Gasteiger partial charge >= 0.3 is 0 Å². The van der Waals surface area contributed by atoms with Crippen molar-refractivity contribution in [1.29, 1.82) is 0 Å². The van der Waals surface area contributed by atoms with Crippen LogP contribution >= 0.6 is 0 Å². The number of hydrogen-bond acceptors (Lipinski definition) is 4. The lowest BCUT2D eigenvalue weighted by molar-refractivity contribution is 0.189. The Morgan fingerprint density at radius 2 is 1.81 bits per heavy atom. The van der Waals surface area contributed by atoms with E-state index in [2.05, 4.69) is 27.3 Å². The van der Waals surface area contributed by atoms with Crippen molar-refractivity contribution in [2.24, 2.45) is 11.8 Å². The van der Waals surface area contributed by atoms with Gasteiger partial charge in [-0.15, -0.1) is 0 Å². The Morgan fingerprint density at radius 1 is 1.10 bits per heavy atom. The molecular weight excluding hydrogens is 262 g/mol. The largest absolute Gasteiger partial charge is 0.396 e. The normalized spacial score (nSPS) is 27.2. The first-order valence-corrected chi connectivity index (χ1v) is 8.36. The second-order valence-corrected chi connectivity index (χ2v) is 6.51. The Morgan fingerprint density at radius 3 is 2.52 bits per heavy atom. The van der Waals surface area contributed by atoms with Crippen LogP contribution in [0, 0.1) is 11.8 Å². The van der Waals surface area contributed by atoms with Gasteiger partial charge in [0.2, 0.25) is 0 Å². The highest BCUT2D eigenvalue weighted by Crippen LogP contribution is 2.31. The first-order chi connectivity index (χ1) is 10.4. The fourth-order valence-corrected chi connectivity index (χ4v) is 3.84. The number of rotatable bonds is 5. The van der Waals surface area contributed by atoms with Crippen LogP contribution in [-0.2, 0) is 0 Å². The van der Waals surface area contributed by atoms with Gasteiger partial charge in [-0.25, -0.2) is 0 Å². The molecule has 2 aliphatic rings. The first kappa shape index (κ1) is 14.8. The zero-order chi connectivity index (χ0) is 14.5. The van der Waals surface area contributed by atoms with E-state index in [1.807, 2.05) is 12.4 Å². The van der Waals surface area contributed by atoms with Gasteiger partial charge < -0.3 is 15.3 Å². The smallest absolute Gasteiger partial charge is 0.0462 e. The first-order valence-electron chi connectivity index (χ1n) is 8.36. The van der Waals surface area contributed by atoms with Gasteiger partial charge in [-0.1, -0.05) is 6.42 Å². The fraction of sp³-hybridized carbons (Fsp3) is 0.706. The van der Waals surface area contributed by atoms with Crippen molar-refractivity contribution in [3.05, 3.63) is 24.5 Å². The van der Waals surface area contributed by atoms with E-state index >= 15 is 0 Å². The highest BCUT2D eigenvalue weighted by molar-refractivity contribution is 5.44. The van der Waals surface area contributed by atoms with E-state index in [4.69, 9.17) is 0 Å². The summed E-state index contributed by atoms with van der Waals surface area (Å²) in [5.41, 5.74) is 1.29. The van der Waals surface area contributed by atoms with Crippen LogP contribution in [-0.4, -0.2) is 42.4 Å². The topological polar surface area (TPSA) is 48.4 Å². The maximum absolute atomic E-state index is 9.39. The minimum Gasteiger partial charge on any atom is -0.396 e. The van der Waals surface area contributed by atoms with E-state index in [9.17, 15) is 5.11 Å². The molecule has 4 nitrogen and oxygen atoms in total. The molecule has 2 heterocycles. The Kier molecular flexibility index (Phi) is 5.09. The summed E-state index contributed by atoms with van der Waals surface area (Å²) < 4.78 is 0. The average molecular weight is 289 g/mol. The fourth-order valence-electron chi connectivity index (χ4n) is 3.84. The van der Waals surface area contributed by atoms with E-state index < -0.39 is 0 Å². The third-order valence-electron chi connectivity index (χ3n) is 5.24. The van der Waals surface area contributed by atoms with Crippen molar-refractivity contribution in [1.82, 2.24) is 10.3 Å². The molecular formula is C17H27N3O. The number of nitrogens with one attached hydrogen (secondary N) is 1. The second kappa shape index (κ2) is 7.23. The monoisotopic (exact) mass is 289 g/mol. The third kappa shape index (κ3) is 3.74. The van der Waals surface area contributed by atoms with Crippen LogP contribution < -0.4 is 10.2 Å². The Balaban J connectivity index is 1.42. The van der Waals surface area contributed by atoms with Gasteiger partial charge in [0.15, 0.2) is 0 Å². The van der Waals surface area contributed by atoms with Crippen molar-refractivity contribution >= 4 is 5.69 Å². The number of hydrogen-bond donors (Lipinski definition) is 2. The standard InChI is InChI=1S/C17H27N3O/c21-13-15-3-1-2-14(15)12-19-16-6-10-20(11-7-16)17-4-8-18-9-5-17/h4-5,8-9,14-16,19,21H,1-3,6-7,10-13H2. The molecule has 2 N–H and O–H groups in total. The van der Waals surface area contributed by atoms with E-state index in [-0.39, 0.29) is 0 Å². The zero-order valence-electron chi connectivity index (χ0n) is 12.7. The highest BCUT2D eigenvalue weighted by atomic mass is 16.3. The molecule has 2 atom stereocenters. The summed E-state index contributed by atoms with van der Waals surface area (Å²) in [5, 5.41) is 13.1. The lowest BCUT2D eigenvalue weighted by Crippen LogP contribution is -2.44. The molecule has 2 unspecified atom stereocenters. The molecule has 3 rings (SSSR count). The Bertz CT molecular complexity index is 417. The molecule has 1 saturated heterocycles. The van der Waals surface area contributed by atoms with Crippen LogP contribution in [0.4, 0.5) is 5.69 Å². The summed E-state index contributed by atoms with van der Waals surface area (Å²) in [5.74, 6) is 1.22. The molecule has 0 spiro atoms. The number of anilines is 1. The van der Waals surface area contributed by atoms with E-state index in [0.717, 1.165) is 19.6 Å². The second-order valence-electron chi connectivity index (χ2n) is 6.51. The molecule has 0 aromatic carbocycles. The van der Waals surface area contributed by atoms with Crippen LogP contribution in [0.5, 0.6) is 0 Å². The molecule has 0 bridgehead atoms. The number of pyridine rings is 1. The summed E-state index contributed by atoms with van der Waals surface area (Å²) in [6.07, 6.45) is 9.94. The number of aromatic nitrogens is 1. The van der Waals surface area contributed by atoms with Gasteiger partial charge in [0, 0.05) is 43.8 Å². The molecule has 1 aromatic rings. The predicted octanol–water partition coefficient (Wildman–Crippen LogP) is 2.05. The number of aliphatic hydroxyl groups is 1. The van der Waals surface area contributed by atoms with Crippen LogP contribution in [0.1, 0.15) is 32.1 Å². The summed E-state index contributed by atoms with van der Waals surface area (Å²) in [6.45, 7) is 3.70. The van der Waals surface area contributed by atoms with Crippen molar-refractivity contribution < 1.29 is 5.11 Å². The molecule has 0 radical (unpaired) electrons. The molecule has 116 valence electrons. The Hall–Kier alpha value is -1.13. The van der Waals surface area contributed by atoms with Crippen LogP contribution in [0.25, 0.3) is 0 Å². The average Bonchev–Trinajstić information content (AvgIpc) is 3.02. The number of aliphatic hydroxyl groups excluding tert-OH is 1. The van der Waals surface area contributed by atoms with Crippen molar-refractivity contribution in [3.8, 4) is 0 Å². The van der Waals surface area contributed by atoms with Gasteiger partial charge in [-0.3, -0.25) is 4.98 Å². The van der Waals surface area contributed by atoms with Crippen LogP contribution in [0.15, 0.2) is 24.5 Å². The van der Waals surface area contributed by atoms with Gasteiger partial charge in [0.25, 0.3) is 0 Å². The lowest BCUT2D eigenvalue weighted by Gasteiger charge is -2.34. The molecule has 21 heavy (non-hydrogen) atoms. The minimum atomic E-state index is 0.368. The summed E-state index contributed by atoms with van der Waals surface area (Å²) >= 11 is 0. The zero-order valence-corrected chi connectivity index (χ0v) is 12.7. The van der Waals surface area contributed by atoms with Crippen molar-refractivity contribution in [2.75, 3.05) is 31.1 Å². The quantitative estimate of drug-likeness (QED) is 0.871. The SMILES string of the molecule is OCC1CCCC1CNC1CCN(c2ccncc2)CC1. The molecule has 1 saturated carbocycles. The van der Waals surface area contributed by atoms with Gasteiger partial charge in [-0.2, -0.15) is 0 Å². The third-order valence-corrected chi connectivity index (χ3v) is 5.24. The molecule has 0 amide bonds. The van der Waals surface area contributed by atoms with Crippen molar-refractivity contribution in [2.45, 2.75) is 38.1 Å². The van der Waals surface area contributed by atoms with Crippen LogP contribution in [0.3, 0.4) is 0 Å². The maximum atomic E-state index is 9.39. The molecule has 1 aromatic heterocycles. The van der Waals surface area contributed by atoms with E-state index in [1.165, 1.54) is 37.8 Å². The highest BCUT2D eigenvalue weighted by Gasteiger charge is 2.27. The Labute approximate surface area is 127 Å². The lowest BCUT2D eigenvalue weighted by atomic mass is 9.95. The summed E-state index contributed by atoms with van der Waals surface area (Å²) in [6, 6.07) is 4.83. The minimum absolute atomic E-state index is 0.368. The van der Waals surface area contributed by atoms with Gasteiger partial charge in [-0.05, 0) is 56.2 Å². The number of nitrogens with zero attached hydrogens (tertiary/aromatic N) is 2. The van der Waals surface area contributed by atoms with Gasteiger partial charge in [0.05, 0.1) is 0 Å². The van der Waals surface area contributed by atoms with Gasteiger partial charge in [0.1, 0.15) is 0 Å². The summed E-state index contributed by atoms with van der Waals surface area (Å²) in [4.78, 5) is 6.53. The van der Waals surface area contributed by atoms with Crippen LogP contribution in [0.2, 0.25) is 0 Å². The molecule has 1 aliphatic carbocycles. The predicted molar refractivity (Wildman–Crippen MR) is 85.4 cm³/mol.